The van der Waals surface area contributed by atoms with Crippen molar-refractivity contribution in [3.63, 3.8) is 0 Å². The molecule has 0 heterocycles. The van der Waals surface area contributed by atoms with Crippen LogP contribution in [0.15, 0.2) is 42.5 Å². The highest BCUT2D eigenvalue weighted by atomic mass is 35.5. The summed E-state index contributed by atoms with van der Waals surface area (Å²) >= 11 is 12.0. The van der Waals surface area contributed by atoms with Crippen molar-refractivity contribution < 1.29 is 22.7 Å². The Labute approximate surface area is 179 Å². The fourth-order valence-electron chi connectivity index (χ4n) is 2.73. The van der Waals surface area contributed by atoms with Gasteiger partial charge >= 0.3 is 5.97 Å². The third-order valence-electron chi connectivity index (χ3n) is 4.06. The highest BCUT2D eigenvalue weighted by molar-refractivity contribution is 7.92. The Kier molecular flexibility index (Phi) is 7.51. The number of amides is 1. The Morgan fingerprint density at radius 1 is 1.14 bits per heavy atom. The van der Waals surface area contributed by atoms with E-state index in [0.29, 0.717) is 10.7 Å². The average Bonchev–Trinajstić information content (AvgIpc) is 2.67. The van der Waals surface area contributed by atoms with E-state index < -0.39 is 27.9 Å². The van der Waals surface area contributed by atoms with E-state index in [0.717, 1.165) is 10.6 Å². The third kappa shape index (κ3) is 5.62. The fraction of sp³-hybridized carbons (Fsp3) is 0.263. The molecule has 0 saturated heterocycles. The Bertz CT molecular complexity index is 1010. The van der Waals surface area contributed by atoms with E-state index in [2.05, 4.69) is 10.1 Å². The number of esters is 1. The molecule has 0 radical (unpaired) electrons. The summed E-state index contributed by atoms with van der Waals surface area (Å²) in [7, 11) is -2.56. The lowest BCUT2D eigenvalue weighted by atomic mass is 10.1. The van der Waals surface area contributed by atoms with E-state index in [9.17, 15) is 18.0 Å². The average molecular weight is 459 g/mol. The number of hydrogen-bond acceptors (Lipinski definition) is 5. The number of nitrogens with zero attached hydrogens (tertiary/aromatic N) is 1. The summed E-state index contributed by atoms with van der Waals surface area (Å²) in [5.41, 5.74) is 0.661. The lowest BCUT2D eigenvalue weighted by Gasteiger charge is -2.30. The van der Waals surface area contributed by atoms with Gasteiger partial charge in [0.25, 0.3) is 0 Å². The van der Waals surface area contributed by atoms with Gasteiger partial charge in [0, 0.05) is 5.02 Å². The Hall–Kier alpha value is -2.29. The van der Waals surface area contributed by atoms with Crippen LogP contribution in [0.4, 0.5) is 11.4 Å². The van der Waals surface area contributed by atoms with Crippen LogP contribution in [-0.2, 0) is 19.6 Å². The molecule has 0 aliphatic rings. The molecule has 10 heteroatoms. The molecule has 1 amide bonds. The summed E-state index contributed by atoms with van der Waals surface area (Å²) in [5, 5.41) is 3.23. The van der Waals surface area contributed by atoms with Gasteiger partial charge in [-0.15, -0.1) is 0 Å². The zero-order chi connectivity index (χ0) is 21.8. The van der Waals surface area contributed by atoms with Gasteiger partial charge in [-0.1, -0.05) is 30.1 Å². The van der Waals surface area contributed by atoms with Gasteiger partial charge in [0.05, 0.1) is 35.3 Å². The van der Waals surface area contributed by atoms with E-state index >= 15 is 0 Å². The van der Waals surface area contributed by atoms with E-state index in [1.54, 1.807) is 6.92 Å². The highest BCUT2D eigenvalue weighted by Gasteiger charge is 2.32. The predicted octanol–water partition coefficient (Wildman–Crippen LogP) is 3.96. The van der Waals surface area contributed by atoms with Crippen LogP contribution in [0.2, 0.25) is 10.0 Å². The molecule has 1 unspecified atom stereocenters. The van der Waals surface area contributed by atoms with Gasteiger partial charge < -0.3 is 10.1 Å². The van der Waals surface area contributed by atoms with E-state index in [4.69, 9.17) is 23.2 Å². The van der Waals surface area contributed by atoms with Crippen molar-refractivity contribution >= 4 is 56.5 Å². The Morgan fingerprint density at radius 3 is 2.28 bits per heavy atom. The third-order valence-corrected chi connectivity index (χ3v) is 5.82. The van der Waals surface area contributed by atoms with Crippen LogP contribution in [0.3, 0.4) is 0 Å². The fourth-order valence-corrected chi connectivity index (χ4v) is 4.23. The Morgan fingerprint density at radius 2 is 1.76 bits per heavy atom. The molecule has 1 atom stereocenters. The van der Waals surface area contributed by atoms with E-state index in [1.807, 2.05) is 0 Å². The summed E-state index contributed by atoms with van der Waals surface area (Å²) in [6.45, 7) is 1.69. The molecule has 2 aromatic carbocycles. The summed E-state index contributed by atoms with van der Waals surface area (Å²) in [4.78, 5) is 24.7. The first-order valence-corrected chi connectivity index (χ1v) is 11.1. The number of methoxy groups -OCH3 is 1. The minimum absolute atomic E-state index is 0.169. The maximum Gasteiger partial charge on any atom is 0.337 e. The molecule has 2 aromatic rings. The van der Waals surface area contributed by atoms with Gasteiger partial charge in [0.2, 0.25) is 15.9 Å². The van der Waals surface area contributed by atoms with Crippen molar-refractivity contribution in [1.29, 1.82) is 0 Å². The molecule has 1 N–H and O–H groups in total. The minimum Gasteiger partial charge on any atom is -0.465 e. The normalized spacial score (nSPS) is 12.2. The van der Waals surface area contributed by atoms with Crippen molar-refractivity contribution in [1.82, 2.24) is 0 Å². The number of carbonyl (C=O) groups is 2. The first-order valence-electron chi connectivity index (χ1n) is 8.52. The summed E-state index contributed by atoms with van der Waals surface area (Å²) in [6.07, 6.45) is 1.21. The first-order chi connectivity index (χ1) is 13.6. The lowest BCUT2D eigenvalue weighted by molar-refractivity contribution is -0.117. The van der Waals surface area contributed by atoms with Gasteiger partial charge in [-0.05, 0) is 48.9 Å². The molecule has 0 fully saturated rings. The van der Waals surface area contributed by atoms with Crippen molar-refractivity contribution in [3.05, 3.63) is 58.1 Å². The molecular formula is C19H20Cl2N2O5S. The van der Waals surface area contributed by atoms with Crippen LogP contribution in [0.25, 0.3) is 0 Å². The maximum atomic E-state index is 13.0. The first kappa shape index (κ1) is 23.0. The molecule has 29 heavy (non-hydrogen) atoms. The van der Waals surface area contributed by atoms with Crippen molar-refractivity contribution in [2.75, 3.05) is 23.0 Å². The van der Waals surface area contributed by atoms with Gasteiger partial charge in [-0.2, -0.15) is 0 Å². The maximum absolute atomic E-state index is 13.0. The SMILES string of the molecule is CCC(C(=O)Nc1cc(C(=O)OC)ccc1Cl)N(c1ccc(Cl)cc1)S(C)(=O)=O. The zero-order valence-electron chi connectivity index (χ0n) is 16.0. The molecule has 0 saturated carbocycles. The number of rotatable bonds is 7. The summed E-state index contributed by atoms with van der Waals surface area (Å²) in [6, 6.07) is 9.33. The molecule has 0 aliphatic heterocycles. The zero-order valence-corrected chi connectivity index (χ0v) is 18.3. The van der Waals surface area contributed by atoms with Crippen molar-refractivity contribution in [2.45, 2.75) is 19.4 Å². The summed E-state index contributed by atoms with van der Waals surface area (Å²) in [5.74, 6) is -1.19. The van der Waals surface area contributed by atoms with Crippen molar-refractivity contribution in [2.24, 2.45) is 0 Å². The highest BCUT2D eigenvalue weighted by Crippen LogP contribution is 2.27. The van der Waals surface area contributed by atoms with Gasteiger partial charge in [-0.3, -0.25) is 9.10 Å². The van der Waals surface area contributed by atoms with E-state index in [-0.39, 0.29) is 22.7 Å². The number of sulfonamides is 1. The minimum atomic E-state index is -3.79. The smallest absolute Gasteiger partial charge is 0.337 e. The standard InChI is InChI=1S/C19H20Cl2N2O5S/c1-4-17(23(29(3,26)27)14-8-6-13(20)7-9-14)18(24)22-16-11-12(19(25)28-2)5-10-15(16)21/h5-11,17H,4H2,1-3H3,(H,22,24). The Balaban J connectivity index is 2.40. The summed E-state index contributed by atoms with van der Waals surface area (Å²) < 4.78 is 30.6. The second-order valence-electron chi connectivity index (χ2n) is 6.13. The number of hydrogen-bond donors (Lipinski definition) is 1. The number of ether oxygens (including phenoxy) is 1. The topological polar surface area (TPSA) is 92.8 Å². The molecule has 0 aliphatic carbocycles. The van der Waals surface area contributed by atoms with Crippen LogP contribution < -0.4 is 9.62 Å². The number of carbonyl (C=O) groups excluding carboxylic acids is 2. The quantitative estimate of drug-likeness (QED) is 0.633. The van der Waals surface area contributed by atoms with Crippen LogP contribution in [0.5, 0.6) is 0 Å². The molecule has 7 nitrogen and oxygen atoms in total. The molecule has 0 aromatic heterocycles. The monoisotopic (exact) mass is 458 g/mol. The van der Waals surface area contributed by atoms with Crippen LogP contribution >= 0.6 is 23.2 Å². The number of nitrogens with one attached hydrogen (secondary N) is 1. The second-order valence-corrected chi connectivity index (χ2v) is 8.84. The van der Waals surface area contributed by atoms with Gasteiger partial charge in [0.1, 0.15) is 6.04 Å². The van der Waals surface area contributed by atoms with Crippen LogP contribution in [0.1, 0.15) is 23.7 Å². The second kappa shape index (κ2) is 9.47. The number of anilines is 2. The molecule has 2 rings (SSSR count). The molecule has 0 spiro atoms. The van der Waals surface area contributed by atoms with E-state index in [1.165, 1.54) is 49.6 Å². The predicted molar refractivity (Wildman–Crippen MR) is 114 cm³/mol. The molecule has 156 valence electrons. The molecular weight excluding hydrogens is 439 g/mol. The lowest BCUT2D eigenvalue weighted by Crippen LogP contribution is -2.47. The number of benzene rings is 2. The van der Waals surface area contributed by atoms with Gasteiger partial charge in [0.15, 0.2) is 0 Å². The van der Waals surface area contributed by atoms with Crippen LogP contribution in [0, 0.1) is 0 Å². The largest absolute Gasteiger partial charge is 0.465 e. The van der Waals surface area contributed by atoms with Gasteiger partial charge in [-0.25, -0.2) is 13.2 Å². The molecule has 0 bridgehead atoms. The van der Waals surface area contributed by atoms with Crippen molar-refractivity contribution in [3.8, 4) is 0 Å². The van der Waals surface area contributed by atoms with Crippen LogP contribution in [-0.4, -0.2) is 39.7 Å². The number of halogens is 2.